The number of nitrogens with zero attached hydrogens (tertiary/aromatic N) is 2. The van der Waals surface area contributed by atoms with E-state index in [1.54, 1.807) is 11.8 Å². The first-order valence-electron chi connectivity index (χ1n) is 7.61. The van der Waals surface area contributed by atoms with Crippen LogP contribution in [0, 0.1) is 5.41 Å². The Hall–Kier alpha value is -0.710. The minimum Gasteiger partial charge on any atom is -0.353 e. The molecule has 1 N–H and O–H groups in total. The Labute approximate surface area is 126 Å². The summed E-state index contributed by atoms with van der Waals surface area (Å²) >= 11 is 1.79. The van der Waals surface area contributed by atoms with Crippen molar-refractivity contribution in [3.63, 3.8) is 0 Å². The van der Waals surface area contributed by atoms with Crippen molar-refractivity contribution in [2.75, 3.05) is 19.6 Å². The summed E-state index contributed by atoms with van der Waals surface area (Å²) < 4.78 is 0. The minimum absolute atomic E-state index is 0.160. The molecular weight excluding hydrogens is 270 g/mol. The molecule has 0 aromatic rings. The number of carbonyl (C=O) groups excluding carboxylic acids is 1. The van der Waals surface area contributed by atoms with Gasteiger partial charge in [0.15, 0.2) is 5.17 Å². The van der Waals surface area contributed by atoms with E-state index in [0.717, 1.165) is 44.1 Å². The molecule has 2 rings (SSSR count). The third-order valence-corrected chi connectivity index (χ3v) is 4.80. The molecule has 0 aromatic heterocycles. The Bertz CT molecular complexity index is 383. The van der Waals surface area contributed by atoms with Crippen molar-refractivity contribution in [3.05, 3.63) is 0 Å². The van der Waals surface area contributed by atoms with E-state index in [0.29, 0.717) is 10.7 Å². The average molecular weight is 297 g/mol. The zero-order chi connectivity index (χ0) is 14.8. The lowest BCUT2D eigenvalue weighted by molar-refractivity contribution is -0.131. The number of amides is 1. The molecule has 1 fully saturated rings. The van der Waals surface area contributed by atoms with E-state index in [9.17, 15) is 4.79 Å². The number of thioether (sulfide) groups is 1. The lowest BCUT2D eigenvalue weighted by atomic mass is 9.90. The molecule has 2 aliphatic heterocycles. The summed E-state index contributed by atoms with van der Waals surface area (Å²) in [4.78, 5) is 18.8. The molecule has 20 heavy (non-hydrogen) atoms. The first-order valence-corrected chi connectivity index (χ1v) is 8.49. The molecule has 2 heterocycles. The molecule has 2 atom stereocenters. The van der Waals surface area contributed by atoms with Crippen LogP contribution in [0.4, 0.5) is 0 Å². The smallest absolute Gasteiger partial charge is 0.244 e. The van der Waals surface area contributed by atoms with E-state index in [2.05, 4.69) is 31.1 Å². The molecule has 2 unspecified atom stereocenters. The van der Waals surface area contributed by atoms with Crippen LogP contribution in [0.25, 0.3) is 0 Å². The number of aliphatic imine (C=N–C) groups is 1. The van der Waals surface area contributed by atoms with Crippen LogP contribution in [0.3, 0.4) is 0 Å². The molecule has 0 saturated carbocycles. The molecule has 0 spiro atoms. The zero-order valence-electron chi connectivity index (χ0n) is 13.1. The van der Waals surface area contributed by atoms with Gasteiger partial charge in [0.05, 0.1) is 6.54 Å². The van der Waals surface area contributed by atoms with Gasteiger partial charge in [-0.2, -0.15) is 0 Å². The second-order valence-corrected chi connectivity index (χ2v) is 8.34. The van der Waals surface area contributed by atoms with Gasteiger partial charge < -0.3 is 10.2 Å². The van der Waals surface area contributed by atoms with Crippen LogP contribution in [0.2, 0.25) is 0 Å². The van der Waals surface area contributed by atoms with Gasteiger partial charge in [0.1, 0.15) is 6.04 Å². The number of amidine groups is 1. The fraction of sp³-hybridized carbons (Fsp3) is 0.867. The fourth-order valence-electron chi connectivity index (χ4n) is 2.74. The Morgan fingerprint density at radius 3 is 2.70 bits per heavy atom. The van der Waals surface area contributed by atoms with E-state index in [4.69, 9.17) is 0 Å². The van der Waals surface area contributed by atoms with Crippen LogP contribution in [-0.2, 0) is 4.79 Å². The number of rotatable bonds is 3. The first kappa shape index (κ1) is 15.7. The first-order chi connectivity index (χ1) is 9.35. The Balaban J connectivity index is 1.78. The highest BCUT2D eigenvalue weighted by Crippen LogP contribution is 2.31. The molecule has 0 bridgehead atoms. The Morgan fingerprint density at radius 2 is 2.10 bits per heavy atom. The molecule has 5 heteroatoms. The van der Waals surface area contributed by atoms with Gasteiger partial charge in [-0.05, 0) is 31.6 Å². The SMILES string of the molecule is CC(NC1=NCC(CC(C)(C)C)S1)C(=O)N1CCCC1. The van der Waals surface area contributed by atoms with Crippen molar-refractivity contribution < 1.29 is 4.79 Å². The van der Waals surface area contributed by atoms with Crippen LogP contribution in [0.5, 0.6) is 0 Å². The van der Waals surface area contributed by atoms with Crippen molar-refractivity contribution >= 4 is 22.8 Å². The summed E-state index contributed by atoms with van der Waals surface area (Å²) in [7, 11) is 0. The summed E-state index contributed by atoms with van der Waals surface area (Å²) in [5.41, 5.74) is 0.333. The highest BCUT2D eigenvalue weighted by Gasteiger charge is 2.28. The molecule has 2 aliphatic rings. The average Bonchev–Trinajstić information content (AvgIpc) is 2.97. The van der Waals surface area contributed by atoms with Crippen molar-refractivity contribution in [1.29, 1.82) is 0 Å². The molecule has 0 aliphatic carbocycles. The maximum Gasteiger partial charge on any atom is 0.244 e. The number of hydrogen-bond donors (Lipinski definition) is 1. The van der Waals surface area contributed by atoms with Crippen LogP contribution < -0.4 is 5.32 Å². The molecule has 0 radical (unpaired) electrons. The molecule has 114 valence electrons. The normalized spacial score (nSPS) is 24.7. The lowest BCUT2D eigenvalue weighted by Crippen LogP contribution is -2.45. The largest absolute Gasteiger partial charge is 0.353 e. The van der Waals surface area contributed by atoms with Crippen LogP contribution >= 0.6 is 11.8 Å². The number of carbonyl (C=O) groups is 1. The predicted molar refractivity (Wildman–Crippen MR) is 86.2 cm³/mol. The monoisotopic (exact) mass is 297 g/mol. The van der Waals surface area contributed by atoms with E-state index >= 15 is 0 Å². The summed E-state index contributed by atoms with van der Waals surface area (Å²) in [5.74, 6) is 0.213. The molecule has 1 amide bonds. The maximum absolute atomic E-state index is 12.2. The van der Waals surface area contributed by atoms with Crippen molar-refractivity contribution in [3.8, 4) is 0 Å². The van der Waals surface area contributed by atoms with E-state index in [-0.39, 0.29) is 11.9 Å². The number of likely N-dealkylation sites (tertiary alicyclic amines) is 1. The van der Waals surface area contributed by atoms with Gasteiger partial charge in [0.25, 0.3) is 0 Å². The van der Waals surface area contributed by atoms with E-state index < -0.39 is 0 Å². The summed E-state index contributed by atoms with van der Waals surface area (Å²) in [6, 6.07) is -0.160. The Morgan fingerprint density at radius 1 is 1.45 bits per heavy atom. The quantitative estimate of drug-likeness (QED) is 0.870. The van der Waals surface area contributed by atoms with Crippen molar-refractivity contribution in [2.24, 2.45) is 10.4 Å². The van der Waals surface area contributed by atoms with Gasteiger partial charge in [0, 0.05) is 18.3 Å². The summed E-state index contributed by atoms with van der Waals surface area (Å²) in [6.45, 7) is 11.4. The van der Waals surface area contributed by atoms with E-state index in [1.807, 2.05) is 11.8 Å². The van der Waals surface area contributed by atoms with Crippen LogP contribution in [-0.4, -0.2) is 46.9 Å². The highest BCUT2D eigenvalue weighted by molar-refractivity contribution is 8.14. The predicted octanol–water partition coefficient (Wildman–Crippen LogP) is 2.49. The van der Waals surface area contributed by atoms with Crippen LogP contribution in [0.15, 0.2) is 4.99 Å². The van der Waals surface area contributed by atoms with Gasteiger partial charge in [-0.25, -0.2) is 0 Å². The van der Waals surface area contributed by atoms with Crippen molar-refractivity contribution in [1.82, 2.24) is 10.2 Å². The lowest BCUT2D eigenvalue weighted by Gasteiger charge is -2.23. The third-order valence-electron chi connectivity index (χ3n) is 3.69. The van der Waals surface area contributed by atoms with Gasteiger partial charge in [0.2, 0.25) is 5.91 Å². The van der Waals surface area contributed by atoms with Crippen molar-refractivity contribution in [2.45, 2.75) is 58.2 Å². The van der Waals surface area contributed by atoms with Gasteiger partial charge in [-0.15, -0.1) is 0 Å². The van der Waals surface area contributed by atoms with Crippen LogP contribution in [0.1, 0.15) is 47.0 Å². The zero-order valence-corrected chi connectivity index (χ0v) is 13.9. The molecular formula is C15H27N3OS. The van der Waals surface area contributed by atoms with Gasteiger partial charge in [-0.3, -0.25) is 9.79 Å². The Kier molecular flexibility index (Phi) is 4.99. The second kappa shape index (κ2) is 6.37. The third kappa shape index (κ3) is 4.40. The molecule has 1 saturated heterocycles. The maximum atomic E-state index is 12.2. The highest BCUT2D eigenvalue weighted by atomic mass is 32.2. The topological polar surface area (TPSA) is 44.7 Å². The van der Waals surface area contributed by atoms with E-state index in [1.165, 1.54) is 0 Å². The van der Waals surface area contributed by atoms with Gasteiger partial charge >= 0.3 is 0 Å². The minimum atomic E-state index is -0.160. The molecule has 0 aromatic carbocycles. The number of nitrogens with one attached hydrogen (secondary N) is 1. The second-order valence-electron chi connectivity index (χ2n) is 7.05. The van der Waals surface area contributed by atoms with Gasteiger partial charge in [-0.1, -0.05) is 32.5 Å². The number of hydrogen-bond acceptors (Lipinski definition) is 4. The summed E-state index contributed by atoms with van der Waals surface area (Å²) in [5, 5.41) is 4.78. The standard InChI is InChI=1S/C15H27N3OS/c1-11(13(19)18-7-5-6-8-18)17-14-16-10-12(20-14)9-15(2,3)4/h11-12H,5-10H2,1-4H3,(H,16,17). The summed E-state index contributed by atoms with van der Waals surface area (Å²) in [6.07, 6.45) is 3.43. The molecule has 4 nitrogen and oxygen atoms in total. The fourth-order valence-corrected chi connectivity index (χ4v) is 4.19.